The maximum atomic E-state index is 12.3. The molecule has 1 aliphatic carbocycles. The van der Waals surface area contributed by atoms with Crippen molar-refractivity contribution < 1.29 is 14.4 Å². The topological polar surface area (TPSA) is 69.7 Å². The van der Waals surface area contributed by atoms with Crippen molar-refractivity contribution in [3.63, 3.8) is 0 Å². The molecular weight excluding hydrogens is 306 g/mol. The summed E-state index contributed by atoms with van der Waals surface area (Å²) in [5.41, 5.74) is 0. The van der Waals surface area contributed by atoms with Gasteiger partial charge in [0.25, 0.3) is 0 Å². The van der Waals surface area contributed by atoms with Gasteiger partial charge in [0.1, 0.15) is 0 Å². The van der Waals surface area contributed by atoms with Crippen molar-refractivity contribution in [2.75, 3.05) is 33.7 Å². The van der Waals surface area contributed by atoms with Crippen molar-refractivity contribution in [2.45, 2.75) is 32.1 Å². The second-order valence-corrected chi connectivity index (χ2v) is 5.99. The molecule has 0 aromatic rings. The highest BCUT2D eigenvalue weighted by atomic mass is 35.5. The highest BCUT2D eigenvalue weighted by Gasteiger charge is 2.47. The lowest BCUT2D eigenvalue weighted by Crippen LogP contribution is -2.37. The molecule has 0 aromatic carbocycles. The van der Waals surface area contributed by atoms with E-state index in [2.05, 4.69) is 5.32 Å². The van der Waals surface area contributed by atoms with E-state index >= 15 is 0 Å². The van der Waals surface area contributed by atoms with Crippen LogP contribution >= 0.6 is 12.4 Å². The minimum absolute atomic E-state index is 0. The lowest BCUT2D eigenvalue weighted by molar-refractivity contribution is -0.140. The van der Waals surface area contributed by atoms with E-state index in [0.717, 1.165) is 32.2 Å². The number of fused-ring (bicyclic) bond motifs is 1. The zero-order valence-corrected chi connectivity index (χ0v) is 14.2. The molecule has 1 saturated carbocycles. The summed E-state index contributed by atoms with van der Waals surface area (Å²) in [6, 6.07) is 0. The van der Waals surface area contributed by atoms with Crippen LogP contribution in [0.15, 0.2) is 0 Å². The molecule has 1 saturated heterocycles. The van der Waals surface area contributed by atoms with Crippen LogP contribution in [0.25, 0.3) is 0 Å². The van der Waals surface area contributed by atoms with Crippen LogP contribution in [0.3, 0.4) is 0 Å². The van der Waals surface area contributed by atoms with Gasteiger partial charge in [-0.2, -0.15) is 0 Å². The number of hydrogen-bond donors (Lipinski definition) is 1. The van der Waals surface area contributed by atoms with E-state index in [1.54, 1.807) is 11.9 Å². The zero-order valence-electron chi connectivity index (χ0n) is 13.3. The quantitative estimate of drug-likeness (QED) is 0.726. The van der Waals surface area contributed by atoms with Crippen LogP contribution in [0.4, 0.5) is 0 Å². The van der Waals surface area contributed by atoms with Crippen molar-refractivity contribution in [3.8, 4) is 0 Å². The minimum Gasteiger partial charge on any atom is -0.344 e. The van der Waals surface area contributed by atoms with Crippen LogP contribution < -0.4 is 5.32 Å². The van der Waals surface area contributed by atoms with Crippen molar-refractivity contribution in [1.82, 2.24) is 15.1 Å². The minimum atomic E-state index is -0.122. The molecule has 2 unspecified atom stereocenters. The molecule has 6 nitrogen and oxygen atoms in total. The fraction of sp³-hybridized carbons (Fsp3) is 0.800. The van der Waals surface area contributed by atoms with Crippen molar-refractivity contribution >= 4 is 30.1 Å². The number of likely N-dealkylation sites (N-methyl/N-ethyl adjacent to an activating group) is 2. The molecule has 1 heterocycles. The molecule has 3 amide bonds. The van der Waals surface area contributed by atoms with E-state index in [0.29, 0.717) is 6.54 Å². The Morgan fingerprint density at radius 2 is 1.77 bits per heavy atom. The highest BCUT2D eigenvalue weighted by molar-refractivity contribution is 6.05. The molecule has 22 heavy (non-hydrogen) atoms. The Morgan fingerprint density at radius 1 is 1.23 bits per heavy atom. The van der Waals surface area contributed by atoms with Crippen LogP contribution in [0.5, 0.6) is 0 Å². The first-order chi connectivity index (χ1) is 10.1. The number of imide groups is 1. The van der Waals surface area contributed by atoms with Gasteiger partial charge in [-0.15, -0.1) is 12.4 Å². The number of hydrogen-bond acceptors (Lipinski definition) is 4. The van der Waals surface area contributed by atoms with Gasteiger partial charge in [0.15, 0.2) is 0 Å². The van der Waals surface area contributed by atoms with E-state index in [9.17, 15) is 14.4 Å². The lowest BCUT2D eigenvalue weighted by Gasteiger charge is -2.19. The zero-order chi connectivity index (χ0) is 15.4. The highest BCUT2D eigenvalue weighted by Crippen LogP contribution is 2.37. The molecule has 2 rings (SSSR count). The second kappa shape index (κ2) is 8.48. The maximum absolute atomic E-state index is 12.3. The molecule has 7 heteroatoms. The predicted molar refractivity (Wildman–Crippen MR) is 85.6 cm³/mol. The average molecular weight is 332 g/mol. The molecule has 0 spiro atoms. The normalized spacial score (nSPS) is 24.0. The summed E-state index contributed by atoms with van der Waals surface area (Å²) in [5.74, 6) is -0.391. The number of nitrogens with one attached hydrogen (secondary N) is 1. The summed E-state index contributed by atoms with van der Waals surface area (Å²) < 4.78 is 0. The lowest BCUT2D eigenvalue weighted by atomic mass is 9.81. The summed E-state index contributed by atoms with van der Waals surface area (Å²) in [5, 5.41) is 2.99. The van der Waals surface area contributed by atoms with Gasteiger partial charge in [-0.25, -0.2) is 0 Å². The van der Waals surface area contributed by atoms with Gasteiger partial charge in [0.2, 0.25) is 17.7 Å². The first-order valence-corrected chi connectivity index (χ1v) is 7.80. The molecule has 2 atom stereocenters. The monoisotopic (exact) mass is 331 g/mol. The molecule has 1 N–H and O–H groups in total. The van der Waals surface area contributed by atoms with Crippen LogP contribution in [-0.4, -0.2) is 61.3 Å². The fourth-order valence-corrected chi connectivity index (χ4v) is 3.25. The largest absolute Gasteiger partial charge is 0.344 e. The summed E-state index contributed by atoms with van der Waals surface area (Å²) >= 11 is 0. The van der Waals surface area contributed by atoms with Crippen LogP contribution in [0.2, 0.25) is 0 Å². The summed E-state index contributed by atoms with van der Waals surface area (Å²) in [7, 11) is 3.58. The molecule has 2 fully saturated rings. The molecular formula is C15H26ClN3O3. The third-order valence-electron chi connectivity index (χ3n) is 4.60. The molecule has 126 valence electrons. The first kappa shape index (κ1) is 18.9. The van der Waals surface area contributed by atoms with Gasteiger partial charge in [0.05, 0.1) is 11.8 Å². The number of nitrogens with zero attached hydrogens (tertiary/aromatic N) is 2. The predicted octanol–water partition coefficient (Wildman–Crippen LogP) is 0.651. The Labute approximate surface area is 138 Å². The first-order valence-electron chi connectivity index (χ1n) is 7.80. The third kappa shape index (κ3) is 3.98. The number of amides is 3. The molecule has 2 aliphatic rings. The Morgan fingerprint density at radius 3 is 2.27 bits per heavy atom. The second-order valence-electron chi connectivity index (χ2n) is 5.99. The third-order valence-corrected chi connectivity index (χ3v) is 4.60. The summed E-state index contributed by atoms with van der Waals surface area (Å²) in [6.07, 6.45) is 3.92. The Hall–Kier alpha value is -1.14. The number of rotatable bonds is 6. The average Bonchev–Trinajstić information content (AvgIpc) is 2.74. The smallest absolute Gasteiger partial charge is 0.233 e. The summed E-state index contributed by atoms with van der Waals surface area (Å²) in [4.78, 5) is 39.5. The Balaban J connectivity index is 0.00000242. The Bertz CT molecular complexity index is 406. The maximum Gasteiger partial charge on any atom is 0.233 e. The van der Waals surface area contributed by atoms with Crippen molar-refractivity contribution in [1.29, 1.82) is 0 Å². The van der Waals surface area contributed by atoms with Gasteiger partial charge in [-0.05, 0) is 19.9 Å². The van der Waals surface area contributed by atoms with Crippen LogP contribution in [-0.2, 0) is 14.4 Å². The van der Waals surface area contributed by atoms with Gasteiger partial charge < -0.3 is 10.2 Å². The number of halogens is 1. The van der Waals surface area contributed by atoms with E-state index in [1.165, 1.54) is 4.90 Å². The van der Waals surface area contributed by atoms with Crippen LogP contribution in [0.1, 0.15) is 32.1 Å². The van der Waals surface area contributed by atoms with Crippen molar-refractivity contribution in [3.05, 3.63) is 0 Å². The van der Waals surface area contributed by atoms with Crippen LogP contribution in [0, 0.1) is 11.8 Å². The Kier molecular flexibility index (Phi) is 7.29. The standard InChI is InChI=1S/C15H25N3O3.ClH/c1-16-8-10-17(2)13(19)7-9-18-14(20)11-5-3-4-6-12(11)15(18)21;/h11-12,16H,3-10H2,1-2H3;1H. The van der Waals surface area contributed by atoms with E-state index in [4.69, 9.17) is 0 Å². The van der Waals surface area contributed by atoms with Gasteiger partial charge in [-0.1, -0.05) is 12.8 Å². The van der Waals surface area contributed by atoms with Gasteiger partial charge in [-0.3, -0.25) is 19.3 Å². The number of carbonyl (C=O) groups is 3. The van der Waals surface area contributed by atoms with E-state index in [1.807, 2.05) is 7.05 Å². The SMILES string of the molecule is CNCCN(C)C(=O)CCN1C(=O)C2CCCCC2C1=O.Cl. The molecule has 0 aromatic heterocycles. The fourth-order valence-electron chi connectivity index (χ4n) is 3.25. The van der Waals surface area contributed by atoms with E-state index < -0.39 is 0 Å². The van der Waals surface area contributed by atoms with Gasteiger partial charge in [0, 0.05) is 33.1 Å². The summed E-state index contributed by atoms with van der Waals surface area (Å²) in [6.45, 7) is 1.59. The molecule has 0 radical (unpaired) electrons. The molecule has 1 aliphatic heterocycles. The van der Waals surface area contributed by atoms with E-state index in [-0.39, 0.29) is 54.9 Å². The van der Waals surface area contributed by atoms with Gasteiger partial charge >= 0.3 is 0 Å². The number of carbonyl (C=O) groups excluding carboxylic acids is 3. The van der Waals surface area contributed by atoms with Crippen molar-refractivity contribution in [2.24, 2.45) is 11.8 Å². The molecule has 0 bridgehead atoms. The number of likely N-dealkylation sites (tertiary alicyclic amines) is 1.